The van der Waals surface area contributed by atoms with Gasteiger partial charge in [0.25, 0.3) is 0 Å². The molecule has 0 aromatic heterocycles. The minimum Gasteiger partial charge on any atom is -0.399 e. The number of anilines is 2. The number of benzene rings is 2. The van der Waals surface area contributed by atoms with E-state index in [0.29, 0.717) is 0 Å². The average Bonchev–Trinajstić information content (AvgIpc) is 2.38. The maximum absolute atomic E-state index is 14.1. The van der Waals surface area contributed by atoms with Crippen LogP contribution in [0.5, 0.6) is 0 Å². The smallest absolute Gasteiger partial charge is 0.339 e. The van der Waals surface area contributed by atoms with Crippen molar-refractivity contribution in [3.8, 4) is 0 Å². The van der Waals surface area contributed by atoms with Crippen LogP contribution in [0.1, 0.15) is 11.1 Å². The zero-order valence-corrected chi connectivity index (χ0v) is 10.3. The van der Waals surface area contributed by atoms with Gasteiger partial charge in [0, 0.05) is 22.5 Å². The van der Waals surface area contributed by atoms with E-state index in [4.69, 9.17) is 11.5 Å². The molecule has 2 aromatic rings. The lowest BCUT2D eigenvalue weighted by atomic mass is 9.95. The zero-order chi connectivity index (χ0) is 15.0. The van der Waals surface area contributed by atoms with Crippen molar-refractivity contribution < 1.29 is 17.6 Å². The van der Waals surface area contributed by atoms with E-state index in [1.165, 1.54) is 24.3 Å². The highest BCUT2D eigenvalue weighted by Gasteiger charge is 2.58. The Kier molecular flexibility index (Phi) is 3.33. The lowest BCUT2D eigenvalue weighted by molar-refractivity contribution is -0.223. The van der Waals surface area contributed by atoms with Gasteiger partial charge < -0.3 is 11.5 Å². The van der Waals surface area contributed by atoms with Crippen LogP contribution in [0.3, 0.4) is 0 Å². The number of hydrogen-bond donors (Lipinski definition) is 2. The Hall–Kier alpha value is -2.24. The maximum Gasteiger partial charge on any atom is 0.339 e. The third-order valence-electron chi connectivity index (χ3n) is 2.89. The van der Waals surface area contributed by atoms with Crippen LogP contribution in [-0.4, -0.2) is 0 Å². The van der Waals surface area contributed by atoms with Crippen molar-refractivity contribution in [1.82, 2.24) is 0 Å². The molecule has 0 atom stereocenters. The second kappa shape index (κ2) is 4.70. The van der Waals surface area contributed by atoms with Gasteiger partial charge in [-0.25, -0.2) is 0 Å². The van der Waals surface area contributed by atoms with Gasteiger partial charge in [-0.2, -0.15) is 17.6 Å². The monoisotopic (exact) mass is 284 g/mol. The molecule has 0 saturated carbocycles. The van der Waals surface area contributed by atoms with Gasteiger partial charge in [-0.15, -0.1) is 0 Å². The Balaban J connectivity index is 2.51. The van der Waals surface area contributed by atoms with E-state index < -0.39 is 23.0 Å². The lowest BCUT2D eigenvalue weighted by Crippen LogP contribution is -2.35. The summed E-state index contributed by atoms with van der Waals surface area (Å²) in [5.74, 6) is -8.79. The van der Waals surface area contributed by atoms with E-state index >= 15 is 0 Å². The molecule has 0 aliphatic heterocycles. The maximum atomic E-state index is 14.1. The molecule has 2 nitrogen and oxygen atoms in total. The van der Waals surface area contributed by atoms with Gasteiger partial charge in [0.1, 0.15) is 0 Å². The Labute approximate surface area is 113 Å². The summed E-state index contributed by atoms with van der Waals surface area (Å²) in [5, 5.41) is 0. The predicted octanol–water partition coefficient (Wildman–Crippen LogP) is 3.73. The molecule has 0 aliphatic carbocycles. The molecule has 0 unspecified atom stereocenters. The molecule has 0 amide bonds. The van der Waals surface area contributed by atoms with Crippen molar-refractivity contribution in [2.45, 2.75) is 11.8 Å². The average molecular weight is 284 g/mol. The van der Waals surface area contributed by atoms with Crippen molar-refractivity contribution >= 4 is 11.4 Å². The number of rotatable bonds is 3. The molecule has 0 fully saturated rings. The van der Waals surface area contributed by atoms with Gasteiger partial charge in [-0.3, -0.25) is 0 Å². The van der Waals surface area contributed by atoms with Gasteiger partial charge in [-0.05, 0) is 24.3 Å². The Morgan fingerprint density at radius 2 is 1.00 bits per heavy atom. The van der Waals surface area contributed by atoms with Gasteiger partial charge in [-0.1, -0.05) is 24.3 Å². The van der Waals surface area contributed by atoms with Crippen LogP contribution in [0.4, 0.5) is 28.9 Å². The number of nitrogen functional groups attached to an aromatic ring is 2. The summed E-state index contributed by atoms with van der Waals surface area (Å²) in [4.78, 5) is 0. The first kappa shape index (κ1) is 14.2. The summed E-state index contributed by atoms with van der Waals surface area (Å²) in [6.45, 7) is 0. The summed E-state index contributed by atoms with van der Waals surface area (Å²) in [6.07, 6.45) is 0. The SMILES string of the molecule is Nc1cccc(C(F)(F)C(F)(F)c2cccc(N)c2)c1. The first-order valence-electron chi connectivity index (χ1n) is 5.73. The van der Waals surface area contributed by atoms with E-state index in [-0.39, 0.29) is 11.4 Å². The molecule has 20 heavy (non-hydrogen) atoms. The third-order valence-corrected chi connectivity index (χ3v) is 2.89. The molecule has 0 heterocycles. The summed E-state index contributed by atoms with van der Waals surface area (Å²) in [5.41, 5.74) is 9.02. The number of nitrogens with two attached hydrogens (primary N) is 2. The molecule has 0 radical (unpaired) electrons. The Bertz CT molecular complexity index is 571. The van der Waals surface area contributed by atoms with Crippen LogP contribution < -0.4 is 11.5 Å². The Morgan fingerprint density at radius 1 is 0.650 bits per heavy atom. The van der Waals surface area contributed by atoms with E-state index in [9.17, 15) is 17.6 Å². The summed E-state index contributed by atoms with van der Waals surface area (Å²) in [6, 6.07) is 8.59. The summed E-state index contributed by atoms with van der Waals surface area (Å²) >= 11 is 0. The fourth-order valence-corrected chi connectivity index (χ4v) is 1.83. The highest BCUT2D eigenvalue weighted by molar-refractivity contribution is 5.46. The summed E-state index contributed by atoms with van der Waals surface area (Å²) in [7, 11) is 0. The van der Waals surface area contributed by atoms with Crippen LogP contribution in [0.2, 0.25) is 0 Å². The number of halogens is 4. The quantitative estimate of drug-likeness (QED) is 0.666. The van der Waals surface area contributed by atoms with Crippen molar-refractivity contribution in [1.29, 1.82) is 0 Å². The van der Waals surface area contributed by atoms with E-state index in [2.05, 4.69) is 0 Å². The van der Waals surface area contributed by atoms with Gasteiger partial charge >= 0.3 is 11.8 Å². The number of hydrogen-bond acceptors (Lipinski definition) is 2. The largest absolute Gasteiger partial charge is 0.399 e. The standard InChI is InChI=1S/C14H12F4N2/c15-13(16,9-3-1-5-11(19)7-9)14(17,18)10-4-2-6-12(20)8-10/h1-8H,19-20H2. The minimum atomic E-state index is -4.39. The molecule has 2 aromatic carbocycles. The normalized spacial score (nSPS) is 12.4. The third kappa shape index (κ3) is 2.29. The van der Waals surface area contributed by atoms with Crippen LogP contribution in [0.25, 0.3) is 0 Å². The van der Waals surface area contributed by atoms with Crippen molar-refractivity contribution in [3.63, 3.8) is 0 Å². The van der Waals surface area contributed by atoms with E-state index in [1.54, 1.807) is 0 Å². The van der Waals surface area contributed by atoms with E-state index in [0.717, 1.165) is 24.3 Å². The zero-order valence-electron chi connectivity index (χ0n) is 10.3. The fourth-order valence-electron chi connectivity index (χ4n) is 1.83. The van der Waals surface area contributed by atoms with Crippen LogP contribution in [0, 0.1) is 0 Å². The highest BCUT2D eigenvalue weighted by atomic mass is 19.3. The molecule has 0 bridgehead atoms. The van der Waals surface area contributed by atoms with Gasteiger partial charge in [0.2, 0.25) is 0 Å². The molecule has 2 rings (SSSR count). The van der Waals surface area contributed by atoms with Crippen LogP contribution in [-0.2, 0) is 11.8 Å². The summed E-state index contributed by atoms with van der Waals surface area (Å²) < 4.78 is 56.3. The van der Waals surface area contributed by atoms with Crippen molar-refractivity contribution in [3.05, 3.63) is 59.7 Å². The topological polar surface area (TPSA) is 52.0 Å². The molecule has 6 heteroatoms. The van der Waals surface area contributed by atoms with Gasteiger partial charge in [0.15, 0.2) is 0 Å². The molecule has 0 spiro atoms. The first-order valence-corrected chi connectivity index (χ1v) is 5.73. The van der Waals surface area contributed by atoms with Gasteiger partial charge in [0.05, 0.1) is 0 Å². The Morgan fingerprint density at radius 3 is 1.30 bits per heavy atom. The molecule has 0 saturated heterocycles. The first-order chi connectivity index (χ1) is 9.25. The molecule has 0 aliphatic rings. The van der Waals surface area contributed by atoms with Crippen LogP contribution >= 0.6 is 0 Å². The van der Waals surface area contributed by atoms with Crippen molar-refractivity contribution in [2.24, 2.45) is 0 Å². The molecular formula is C14H12F4N2. The molecule has 106 valence electrons. The number of alkyl halides is 4. The predicted molar refractivity (Wildman–Crippen MR) is 69.5 cm³/mol. The molecular weight excluding hydrogens is 272 g/mol. The lowest BCUT2D eigenvalue weighted by Gasteiger charge is -2.27. The second-order valence-corrected chi connectivity index (χ2v) is 4.40. The highest BCUT2D eigenvalue weighted by Crippen LogP contribution is 2.49. The van der Waals surface area contributed by atoms with Crippen molar-refractivity contribution in [2.75, 3.05) is 11.5 Å². The van der Waals surface area contributed by atoms with Crippen LogP contribution in [0.15, 0.2) is 48.5 Å². The minimum absolute atomic E-state index is 0.00875. The molecule has 4 N–H and O–H groups in total. The van der Waals surface area contributed by atoms with E-state index in [1.807, 2.05) is 0 Å². The second-order valence-electron chi connectivity index (χ2n) is 4.40. The fraction of sp³-hybridized carbons (Fsp3) is 0.143.